The number of para-hydroxylation sites is 4. The van der Waals surface area contributed by atoms with Crippen molar-refractivity contribution in [1.82, 2.24) is 24.1 Å². The Kier molecular flexibility index (Phi) is 6.42. The highest BCUT2D eigenvalue weighted by molar-refractivity contribution is 6.16. The molecule has 0 aliphatic carbocycles. The molecule has 0 fully saturated rings. The molecule has 0 aliphatic heterocycles. The predicted octanol–water partition coefficient (Wildman–Crippen LogP) is 11.1. The number of hydrogen-bond acceptors (Lipinski definition) is 3. The van der Waals surface area contributed by atoms with E-state index in [4.69, 9.17) is 15.0 Å². The Morgan fingerprint density at radius 3 is 1.16 bits per heavy atom. The number of fused-ring (bicyclic) bond motifs is 6. The van der Waals surface area contributed by atoms with E-state index in [0.717, 1.165) is 71.7 Å². The third kappa shape index (κ3) is 4.37. The molecule has 5 heteroatoms. The predicted molar refractivity (Wildman–Crippen MR) is 205 cm³/mol. The number of hydrogen-bond donors (Lipinski definition) is 0. The summed E-state index contributed by atoms with van der Waals surface area (Å²) >= 11 is 0. The molecule has 50 heavy (non-hydrogen) atoms. The van der Waals surface area contributed by atoms with E-state index in [0.29, 0.717) is 17.5 Å². The largest absolute Gasteiger partial charge is 0.309 e. The molecule has 3 heterocycles. The van der Waals surface area contributed by atoms with Crippen LogP contribution in [0.15, 0.2) is 176 Å². The van der Waals surface area contributed by atoms with Crippen molar-refractivity contribution in [3.8, 4) is 45.5 Å². The van der Waals surface area contributed by atoms with E-state index in [1.54, 1.807) is 0 Å². The normalized spacial score (nSPS) is 11.6. The van der Waals surface area contributed by atoms with Crippen LogP contribution in [0.5, 0.6) is 0 Å². The summed E-state index contributed by atoms with van der Waals surface area (Å²) in [7, 11) is 0. The molecule has 0 spiro atoms. The standard InChI is InChI=1S/C45H29N5/c1-4-16-30(17-5-1)43-46-44(35-24-14-28-39-41(35)33-22-10-12-26-37(33)49(39)31-18-6-2-7-19-31)48-45(47-43)36-25-15-29-40-42(36)34-23-11-13-27-38(34)50(40)32-20-8-3-9-21-32/h1-29H. The molecule has 7 aromatic carbocycles. The molecule has 10 aromatic rings. The van der Waals surface area contributed by atoms with E-state index in [2.05, 4.69) is 167 Å². The first-order valence-electron chi connectivity index (χ1n) is 16.8. The molecule has 10 rings (SSSR count). The van der Waals surface area contributed by atoms with Crippen LogP contribution >= 0.6 is 0 Å². The third-order valence-corrected chi connectivity index (χ3v) is 9.57. The fraction of sp³-hybridized carbons (Fsp3) is 0. The van der Waals surface area contributed by atoms with Gasteiger partial charge in [0.05, 0.1) is 22.1 Å². The zero-order chi connectivity index (χ0) is 33.0. The van der Waals surface area contributed by atoms with Gasteiger partial charge in [-0.2, -0.15) is 0 Å². The molecule has 0 bridgehead atoms. The summed E-state index contributed by atoms with van der Waals surface area (Å²) < 4.78 is 4.65. The van der Waals surface area contributed by atoms with Gasteiger partial charge in [-0.05, 0) is 48.5 Å². The summed E-state index contributed by atoms with van der Waals surface area (Å²) in [6.45, 7) is 0. The number of nitrogens with zero attached hydrogens (tertiary/aromatic N) is 5. The van der Waals surface area contributed by atoms with Gasteiger partial charge in [0.2, 0.25) is 0 Å². The van der Waals surface area contributed by atoms with Gasteiger partial charge in [-0.25, -0.2) is 15.0 Å². The molecular formula is C45H29N5. The van der Waals surface area contributed by atoms with Crippen LogP contribution in [0.1, 0.15) is 0 Å². The minimum atomic E-state index is 0.637. The zero-order valence-corrected chi connectivity index (χ0v) is 27.0. The third-order valence-electron chi connectivity index (χ3n) is 9.57. The second-order valence-corrected chi connectivity index (χ2v) is 12.4. The van der Waals surface area contributed by atoms with Crippen LogP contribution < -0.4 is 0 Å². The molecule has 0 atom stereocenters. The van der Waals surface area contributed by atoms with Gasteiger partial charge in [0.25, 0.3) is 0 Å². The van der Waals surface area contributed by atoms with E-state index >= 15 is 0 Å². The van der Waals surface area contributed by atoms with E-state index in [1.165, 1.54) is 0 Å². The first kappa shape index (κ1) is 28.2. The van der Waals surface area contributed by atoms with Gasteiger partial charge in [0.1, 0.15) is 0 Å². The van der Waals surface area contributed by atoms with Crippen LogP contribution in [0, 0.1) is 0 Å². The molecule has 234 valence electrons. The Bertz CT molecular complexity index is 2680. The fourth-order valence-electron chi connectivity index (χ4n) is 7.45. The van der Waals surface area contributed by atoms with E-state index in [1.807, 2.05) is 18.2 Å². The second kappa shape index (κ2) is 11.4. The second-order valence-electron chi connectivity index (χ2n) is 12.4. The van der Waals surface area contributed by atoms with Gasteiger partial charge >= 0.3 is 0 Å². The number of rotatable bonds is 5. The van der Waals surface area contributed by atoms with Crippen molar-refractivity contribution < 1.29 is 0 Å². The van der Waals surface area contributed by atoms with Crippen molar-refractivity contribution in [2.75, 3.05) is 0 Å². The molecule has 5 nitrogen and oxygen atoms in total. The fourth-order valence-corrected chi connectivity index (χ4v) is 7.45. The average Bonchev–Trinajstić information content (AvgIpc) is 3.72. The monoisotopic (exact) mass is 639 g/mol. The summed E-state index contributed by atoms with van der Waals surface area (Å²) in [4.78, 5) is 15.7. The summed E-state index contributed by atoms with van der Waals surface area (Å²) in [5, 5.41) is 4.53. The SMILES string of the molecule is c1ccc(-c2nc(-c3cccc4c3c3ccccc3n4-c3ccccc3)nc(-c3cccc4c3c3ccccc3n4-c3ccccc3)n2)cc1. The Morgan fingerprint density at radius 2 is 0.680 bits per heavy atom. The molecule has 0 unspecified atom stereocenters. The first-order chi connectivity index (χ1) is 24.8. The summed E-state index contributed by atoms with van der Waals surface area (Å²) in [5.74, 6) is 1.91. The van der Waals surface area contributed by atoms with Crippen LogP contribution in [0.2, 0.25) is 0 Å². The lowest BCUT2D eigenvalue weighted by Gasteiger charge is -2.11. The maximum atomic E-state index is 5.34. The quantitative estimate of drug-likeness (QED) is 0.188. The number of aromatic nitrogens is 5. The van der Waals surface area contributed by atoms with Crippen LogP contribution in [-0.4, -0.2) is 24.1 Å². The topological polar surface area (TPSA) is 48.5 Å². The number of benzene rings is 7. The molecule has 0 aliphatic rings. The maximum Gasteiger partial charge on any atom is 0.164 e. The Hall–Kier alpha value is -6.85. The Balaban J connectivity index is 1.28. The molecule has 0 saturated heterocycles. The van der Waals surface area contributed by atoms with Crippen LogP contribution in [0.25, 0.3) is 89.2 Å². The Morgan fingerprint density at radius 1 is 0.300 bits per heavy atom. The first-order valence-corrected chi connectivity index (χ1v) is 16.8. The minimum absolute atomic E-state index is 0.637. The maximum absolute atomic E-state index is 5.34. The van der Waals surface area contributed by atoms with Gasteiger partial charge in [0.15, 0.2) is 17.5 Å². The van der Waals surface area contributed by atoms with Crippen molar-refractivity contribution in [3.63, 3.8) is 0 Å². The van der Waals surface area contributed by atoms with E-state index in [-0.39, 0.29) is 0 Å². The molecule has 3 aromatic heterocycles. The highest BCUT2D eigenvalue weighted by Crippen LogP contribution is 2.40. The van der Waals surface area contributed by atoms with Gasteiger partial charge in [0, 0.05) is 49.6 Å². The van der Waals surface area contributed by atoms with Crippen molar-refractivity contribution in [2.45, 2.75) is 0 Å². The van der Waals surface area contributed by atoms with Crippen molar-refractivity contribution >= 4 is 43.6 Å². The van der Waals surface area contributed by atoms with Gasteiger partial charge in [-0.15, -0.1) is 0 Å². The smallest absolute Gasteiger partial charge is 0.164 e. The molecule has 0 N–H and O–H groups in total. The van der Waals surface area contributed by atoms with E-state index in [9.17, 15) is 0 Å². The molecule has 0 amide bonds. The van der Waals surface area contributed by atoms with Gasteiger partial charge in [-0.1, -0.05) is 127 Å². The lowest BCUT2D eigenvalue weighted by molar-refractivity contribution is 1.08. The highest BCUT2D eigenvalue weighted by Gasteiger charge is 2.22. The summed E-state index contributed by atoms with van der Waals surface area (Å²) in [5.41, 5.74) is 9.57. The lowest BCUT2D eigenvalue weighted by atomic mass is 10.0. The lowest BCUT2D eigenvalue weighted by Crippen LogP contribution is -2.01. The summed E-state index contributed by atoms with van der Waals surface area (Å²) in [6.07, 6.45) is 0. The molecule has 0 saturated carbocycles. The highest BCUT2D eigenvalue weighted by atomic mass is 15.0. The van der Waals surface area contributed by atoms with Crippen LogP contribution in [0.4, 0.5) is 0 Å². The Labute approximate surface area is 288 Å². The van der Waals surface area contributed by atoms with Gasteiger partial charge < -0.3 is 9.13 Å². The minimum Gasteiger partial charge on any atom is -0.309 e. The van der Waals surface area contributed by atoms with Crippen molar-refractivity contribution in [1.29, 1.82) is 0 Å². The van der Waals surface area contributed by atoms with Crippen LogP contribution in [-0.2, 0) is 0 Å². The average molecular weight is 640 g/mol. The van der Waals surface area contributed by atoms with Crippen molar-refractivity contribution in [2.24, 2.45) is 0 Å². The summed E-state index contributed by atoms with van der Waals surface area (Å²) in [6, 6.07) is 61.3. The van der Waals surface area contributed by atoms with E-state index < -0.39 is 0 Å². The van der Waals surface area contributed by atoms with Crippen molar-refractivity contribution in [3.05, 3.63) is 176 Å². The molecular weight excluding hydrogens is 611 g/mol. The molecule has 0 radical (unpaired) electrons. The van der Waals surface area contributed by atoms with Gasteiger partial charge in [-0.3, -0.25) is 0 Å². The van der Waals surface area contributed by atoms with Crippen LogP contribution in [0.3, 0.4) is 0 Å². The zero-order valence-electron chi connectivity index (χ0n) is 27.0.